The number of carbonyl (C=O) groups excluding carboxylic acids is 3. The van der Waals surface area contributed by atoms with Crippen LogP contribution >= 0.6 is 0 Å². The van der Waals surface area contributed by atoms with Gasteiger partial charge in [0.2, 0.25) is 17.7 Å². The fourth-order valence-corrected chi connectivity index (χ4v) is 5.36. The van der Waals surface area contributed by atoms with E-state index >= 15 is 0 Å². The zero-order valence-corrected chi connectivity index (χ0v) is 25.4. The van der Waals surface area contributed by atoms with E-state index in [-0.39, 0.29) is 30.8 Å². The number of amides is 3. The average molecular weight is 595 g/mol. The van der Waals surface area contributed by atoms with Crippen LogP contribution in [-0.2, 0) is 14.4 Å². The fourth-order valence-electron chi connectivity index (χ4n) is 5.36. The van der Waals surface area contributed by atoms with Gasteiger partial charge in [-0.3, -0.25) is 14.4 Å². The molecule has 0 spiro atoms. The molecule has 5 N–H and O–H groups in total. The van der Waals surface area contributed by atoms with Crippen molar-refractivity contribution in [3.05, 3.63) is 65.7 Å². The third-order valence-corrected chi connectivity index (χ3v) is 7.69. The lowest BCUT2D eigenvalue weighted by Crippen LogP contribution is -2.59. The summed E-state index contributed by atoms with van der Waals surface area (Å²) in [7, 11) is 1.53. The van der Waals surface area contributed by atoms with Crippen LogP contribution in [0.1, 0.15) is 50.2 Å². The molecule has 43 heavy (non-hydrogen) atoms. The largest absolute Gasteiger partial charge is 0.508 e. The molecule has 234 valence electrons. The topological polar surface area (TPSA) is 140 Å². The van der Waals surface area contributed by atoms with Crippen LogP contribution in [0.15, 0.2) is 54.6 Å². The molecule has 0 bridgehead atoms. The molecule has 0 aromatic heterocycles. The first-order valence-electron chi connectivity index (χ1n) is 15.0. The van der Waals surface area contributed by atoms with Crippen molar-refractivity contribution in [3.8, 4) is 11.5 Å². The number of likely N-dealkylation sites (N-methyl/N-ethyl adjacent to an activating group) is 1. The molecular weight excluding hydrogens is 548 g/mol. The first kappa shape index (κ1) is 33.6. The van der Waals surface area contributed by atoms with Gasteiger partial charge in [-0.2, -0.15) is 0 Å². The van der Waals surface area contributed by atoms with Crippen molar-refractivity contribution in [1.82, 2.24) is 20.9 Å². The Labute approximate surface area is 254 Å². The van der Waals surface area contributed by atoms with Crippen molar-refractivity contribution >= 4 is 23.8 Å². The van der Waals surface area contributed by atoms with Crippen LogP contribution in [0.3, 0.4) is 0 Å². The second kappa shape index (κ2) is 17.3. The standard InChI is InChI=1S/C26H38N4O5.C7H8O/c1-18(31)24-25(33)29-17-22(32)27-14-8-12-19-9-6-7-13-21(19)35-16-15-28-23(26(34)30(24)2)20-10-4-3-5-11-20;1-6-2-4-7(8)5-3-6/h6-9,12-13,18,20,23-24,28,31H,3-5,10-11,14-17H2,1-2H3,(H,27,32)(H,29,33);2-5,8H,1H3/b12-8+;. The van der Waals surface area contributed by atoms with E-state index in [1.165, 1.54) is 24.4 Å². The van der Waals surface area contributed by atoms with E-state index in [1.54, 1.807) is 12.1 Å². The molecule has 1 aliphatic heterocycles. The van der Waals surface area contributed by atoms with Gasteiger partial charge in [0.25, 0.3) is 0 Å². The van der Waals surface area contributed by atoms with Crippen molar-refractivity contribution < 1.29 is 29.3 Å². The monoisotopic (exact) mass is 594 g/mol. The van der Waals surface area contributed by atoms with Crippen LogP contribution in [0.2, 0.25) is 0 Å². The predicted molar refractivity (Wildman–Crippen MR) is 166 cm³/mol. The van der Waals surface area contributed by atoms with Crippen molar-refractivity contribution in [2.75, 3.05) is 33.3 Å². The predicted octanol–water partition coefficient (Wildman–Crippen LogP) is 2.77. The Morgan fingerprint density at radius 3 is 2.35 bits per heavy atom. The number of aliphatic hydroxyl groups excluding tert-OH is 1. The van der Waals surface area contributed by atoms with E-state index < -0.39 is 24.1 Å². The molecule has 2 aliphatic rings. The summed E-state index contributed by atoms with van der Waals surface area (Å²) in [5.74, 6) is 0.0126. The molecule has 10 nitrogen and oxygen atoms in total. The Morgan fingerprint density at radius 2 is 1.67 bits per heavy atom. The third kappa shape index (κ3) is 10.7. The minimum atomic E-state index is -1.11. The zero-order chi connectivity index (χ0) is 31.2. The molecule has 1 aliphatic carbocycles. The SMILES string of the molecule is CC(O)C1C(=O)NCC(=O)NC/C=C/c2ccccc2OCCNC(C2CCCCC2)C(=O)N1C.Cc1ccc(O)cc1. The van der Waals surface area contributed by atoms with Crippen LogP contribution in [0.25, 0.3) is 6.08 Å². The Kier molecular flexibility index (Phi) is 13.5. The summed E-state index contributed by atoms with van der Waals surface area (Å²) in [6, 6.07) is 13.1. The van der Waals surface area contributed by atoms with Gasteiger partial charge in [0, 0.05) is 25.7 Å². The third-order valence-electron chi connectivity index (χ3n) is 7.69. The number of nitrogens with zero attached hydrogens (tertiary/aromatic N) is 1. The van der Waals surface area contributed by atoms with E-state index in [9.17, 15) is 19.5 Å². The number of aromatic hydroxyl groups is 1. The Morgan fingerprint density at radius 1 is 0.977 bits per heavy atom. The number of phenols is 1. The van der Waals surface area contributed by atoms with Gasteiger partial charge in [0.05, 0.1) is 18.7 Å². The number of aryl methyl sites for hydroxylation is 1. The minimum absolute atomic E-state index is 0.142. The normalized spacial score (nSPS) is 22.7. The highest BCUT2D eigenvalue weighted by molar-refractivity contribution is 5.92. The number of carbonyl (C=O) groups is 3. The molecule has 1 fully saturated rings. The number of ether oxygens (including phenoxy) is 1. The number of rotatable bonds is 2. The van der Waals surface area contributed by atoms with E-state index in [0.29, 0.717) is 18.9 Å². The molecule has 2 aromatic rings. The lowest BCUT2D eigenvalue weighted by Gasteiger charge is -2.36. The zero-order valence-electron chi connectivity index (χ0n) is 25.4. The molecule has 3 atom stereocenters. The number of phenolic OH excluding ortho intramolecular Hbond substituents is 1. The molecule has 0 radical (unpaired) electrons. The number of fused-ring (bicyclic) bond motifs is 1. The minimum Gasteiger partial charge on any atom is -0.508 e. The quantitative estimate of drug-likeness (QED) is 0.360. The Bertz CT molecular complexity index is 1190. The lowest BCUT2D eigenvalue weighted by molar-refractivity contribution is -0.145. The Balaban J connectivity index is 0.000000546. The fraction of sp³-hybridized carbons (Fsp3) is 0.485. The van der Waals surface area contributed by atoms with Crippen molar-refractivity contribution in [1.29, 1.82) is 0 Å². The number of aliphatic hydroxyl groups is 1. The molecule has 1 heterocycles. The molecule has 0 saturated heterocycles. The summed E-state index contributed by atoms with van der Waals surface area (Å²) in [6.07, 6.45) is 7.71. The summed E-state index contributed by atoms with van der Waals surface area (Å²) < 4.78 is 6.00. The van der Waals surface area contributed by atoms with Gasteiger partial charge in [-0.1, -0.05) is 67.3 Å². The molecule has 3 unspecified atom stereocenters. The molecule has 1 saturated carbocycles. The van der Waals surface area contributed by atoms with Gasteiger partial charge in [-0.05, 0) is 50.8 Å². The van der Waals surface area contributed by atoms with Crippen molar-refractivity contribution in [3.63, 3.8) is 0 Å². The Hall–Kier alpha value is -3.89. The summed E-state index contributed by atoms with van der Waals surface area (Å²) in [5, 5.41) is 27.8. The lowest BCUT2D eigenvalue weighted by atomic mass is 9.83. The first-order valence-corrected chi connectivity index (χ1v) is 15.0. The van der Waals surface area contributed by atoms with Gasteiger partial charge in [-0.15, -0.1) is 0 Å². The molecular formula is C33H46N4O6. The second-order valence-corrected chi connectivity index (χ2v) is 11.1. The second-order valence-electron chi connectivity index (χ2n) is 11.1. The number of benzene rings is 2. The van der Waals surface area contributed by atoms with Crippen LogP contribution < -0.4 is 20.7 Å². The summed E-state index contributed by atoms with van der Waals surface area (Å²) in [5.41, 5.74) is 2.05. The van der Waals surface area contributed by atoms with Gasteiger partial charge in [-0.25, -0.2) is 0 Å². The maximum absolute atomic E-state index is 13.6. The smallest absolute Gasteiger partial charge is 0.245 e. The maximum Gasteiger partial charge on any atom is 0.245 e. The van der Waals surface area contributed by atoms with Crippen LogP contribution in [0.5, 0.6) is 11.5 Å². The highest BCUT2D eigenvalue weighted by Gasteiger charge is 2.37. The van der Waals surface area contributed by atoms with Crippen molar-refractivity contribution in [2.45, 2.75) is 64.1 Å². The summed E-state index contributed by atoms with van der Waals surface area (Å²) in [6.45, 7) is 4.31. The first-order chi connectivity index (χ1) is 20.7. The highest BCUT2D eigenvalue weighted by atomic mass is 16.5. The summed E-state index contributed by atoms with van der Waals surface area (Å²) in [4.78, 5) is 40.0. The van der Waals surface area contributed by atoms with E-state index in [4.69, 9.17) is 9.84 Å². The molecule has 2 aromatic carbocycles. The number of hydrogen-bond acceptors (Lipinski definition) is 7. The van der Waals surface area contributed by atoms with Crippen LogP contribution in [0.4, 0.5) is 0 Å². The summed E-state index contributed by atoms with van der Waals surface area (Å²) >= 11 is 0. The molecule has 4 rings (SSSR count). The molecule has 10 heteroatoms. The van der Waals surface area contributed by atoms with Crippen molar-refractivity contribution in [2.24, 2.45) is 5.92 Å². The highest BCUT2D eigenvalue weighted by Crippen LogP contribution is 2.28. The van der Waals surface area contributed by atoms with E-state index in [0.717, 1.165) is 43.4 Å². The van der Waals surface area contributed by atoms with E-state index in [1.807, 2.05) is 55.5 Å². The van der Waals surface area contributed by atoms with Gasteiger partial charge in [0.15, 0.2) is 0 Å². The van der Waals surface area contributed by atoms with E-state index in [2.05, 4.69) is 16.0 Å². The number of para-hydroxylation sites is 1. The number of nitrogens with one attached hydrogen (secondary N) is 3. The van der Waals surface area contributed by atoms with Gasteiger partial charge >= 0.3 is 0 Å². The number of hydrogen-bond donors (Lipinski definition) is 5. The van der Waals surface area contributed by atoms with Gasteiger partial charge in [0.1, 0.15) is 24.1 Å². The van der Waals surface area contributed by atoms with Crippen LogP contribution in [0, 0.1) is 12.8 Å². The van der Waals surface area contributed by atoms with Gasteiger partial charge < -0.3 is 35.8 Å². The van der Waals surface area contributed by atoms with Crippen LogP contribution in [-0.4, -0.2) is 84.3 Å². The molecule has 3 amide bonds. The maximum atomic E-state index is 13.6. The average Bonchev–Trinajstić information content (AvgIpc) is 3.00.